The number of imide groups is 1. The maximum absolute atomic E-state index is 14.9. The molecule has 422 valence electrons. The molecule has 8 rings (SSSR count). The van der Waals surface area contributed by atoms with Gasteiger partial charge in [0.05, 0.1) is 47.6 Å². The number of carbonyl (C=O) groups excluding carboxylic acids is 9. The largest absolute Gasteiger partial charge is 0.458 e. The third kappa shape index (κ3) is 13.7. The molecule has 21 heteroatoms. The van der Waals surface area contributed by atoms with Gasteiger partial charge < -0.3 is 40.4 Å². The zero-order valence-electron chi connectivity index (χ0n) is 45.5. The number of amides is 6. The second-order valence-electron chi connectivity index (χ2n) is 20.5. The van der Waals surface area contributed by atoms with Gasteiger partial charge in [-0.25, -0.2) is 14.2 Å². The number of cyclic esters (lactones) is 1. The molecule has 1 saturated heterocycles. The van der Waals surface area contributed by atoms with Gasteiger partial charge in [-0.3, -0.25) is 48.1 Å². The average molecular weight is 1090 g/mol. The molecule has 79 heavy (non-hydrogen) atoms. The number of aliphatic hydroxyl groups is 1. The Bertz CT molecular complexity index is 3110. The molecule has 4 aliphatic rings. The van der Waals surface area contributed by atoms with Gasteiger partial charge in [0, 0.05) is 86.6 Å². The average Bonchev–Trinajstić information content (AvgIpc) is 4.18. The molecule has 20 nitrogen and oxygen atoms in total. The van der Waals surface area contributed by atoms with Gasteiger partial charge in [0.25, 0.3) is 5.56 Å². The van der Waals surface area contributed by atoms with Crippen molar-refractivity contribution in [2.75, 3.05) is 26.4 Å². The van der Waals surface area contributed by atoms with E-state index in [2.05, 4.69) is 21.3 Å². The molecule has 6 amide bonds. The number of pyridine rings is 2. The van der Waals surface area contributed by atoms with Crippen LogP contribution in [0.4, 0.5) is 4.39 Å². The Hall–Kier alpha value is -7.52. The highest BCUT2D eigenvalue weighted by atomic mass is 19.1. The summed E-state index contributed by atoms with van der Waals surface area (Å²) >= 11 is 0. The summed E-state index contributed by atoms with van der Waals surface area (Å²) in [7, 11) is 0. The minimum Gasteiger partial charge on any atom is -0.458 e. The number of hydrogen-bond acceptors (Lipinski definition) is 14. The fraction of sp³-hybridized carbons (Fsp3) is 0.500. The first-order valence-electron chi connectivity index (χ1n) is 27.2. The standard InChI is InChI=1S/C31H44N4O8.C27H26FN3O5/c1-3-43-21-33-28(39)16-14-26(37)25(19-23-10-6-4-7-11-23)34-29(40)15-13-24(36)20-32-27(38)12-8-5-9-17-35-30(41)18-22(2)31(35)42;1-4-21(32)29-18-7-6-13-12(3)17(28)9-19-22(13)23(18)14-10-31-20(24(14)30-19)8-16-15(25(31)33)11-36-26(34)27(16,35)5-2/h4,6-7,10-11,22,25H,3,5,8-9,12-21H2,1-2H3,(H,32,38)(H,33,39)(H,34,40);8-9,18,35H,4-7,10-11H2,1-3H3,(H,29,32)/t22?,25-;18-,27-/m00/s1. The molecular weight excluding hydrogens is 1020 g/mol. The minimum atomic E-state index is -1.93. The normalized spacial score (nSPS) is 18.1. The maximum Gasteiger partial charge on any atom is 0.343 e. The Morgan fingerprint density at radius 1 is 0.886 bits per heavy atom. The van der Waals surface area contributed by atoms with Crippen molar-refractivity contribution in [2.45, 2.75) is 155 Å². The SMILES string of the molecule is CCC(=O)N[C@H]1CCc2c(C)c(F)cc3nc4c(c1c23)Cn1c-4cc2c(c1=O)COC(=O)[C@]2(O)CC.CCOCNC(=O)CCC(=O)[C@H](Cc1ccccc1)NC(=O)CCC(=O)CNC(=O)CCCCCN1C(=O)CC(C)C1=O. The van der Waals surface area contributed by atoms with Gasteiger partial charge in [0.2, 0.25) is 35.4 Å². The number of ether oxygens (including phenoxy) is 2. The monoisotopic (exact) mass is 1090 g/mol. The van der Waals surface area contributed by atoms with E-state index in [1.807, 2.05) is 30.3 Å². The van der Waals surface area contributed by atoms with E-state index in [4.69, 9.17) is 14.5 Å². The third-order valence-electron chi connectivity index (χ3n) is 15.1. The number of fused-ring (bicyclic) bond motifs is 5. The molecule has 0 saturated carbocycles. The summed E-state index contributed by atoms with van der Waals surface area (Å²) in [5, 5.41) is 22.9. The molecule has 1 fully saturated rings. The number of unbranched alkanes of at least 4 members (excludes halogenated alkanes) is 2. The fourth-order valence-electron chi connectivity index (χ4n) is 10.5. The molecule has 0 spiro atoms. The fourth-order valence-corrected chi connectivity index (χ4v) is 10.5. The van der Waals surface area contributed by atoms with Crippen molar-refractivity contribution < 1.29 is 62.1 Å². The van der Waals surface area contributed by atoms with Crippen molar-refractivity contribution in [3.05, 3.63) is 97.6 Å². The minimum absolute atomic E-state index is 0.0394. The van der Waals surface area contributed by atoms with Gasteiger partial charge in [-0.05, 0) is 80.7 Å². The number of rotatable bonds is 24. The number of nitrogens with one attached hydrogen (secondary N) is 4. The van der Waals surface area contributed by atoms with Gasteiger partial charge >= 0.3 is 5.97 Å². The number of ketones is 2. The number of Topliss-reactive ketones (excluding diaryl/α,β-unsaturated/α-hetero) is 2. The first-order chi connectivity index (χ1) is 37.8. The van der Waals surface area contributed by atoms with Crippen LogP contribution in [0.25, 0.3) is 22.3 Å². The summed E-state index contributed by atoms with van der Waals surface area (Å²) < 4.78 is 26.7. The molecule has 5 N–H and O–H groups in total. The summed E-state index contributed by atoms with van der Waals surface area (Å²) in [6.07, 6.45) is 3.77. The van der Waals surface area contributed by atoms with E-state index in [1.54, 1.807) is 45.3 Å². The molecule has 4 atom stereocenters. The van der Waals surface area contributed by atoms with Crippen LogP contribution < -0.4 is 26.8 Å². The van der Waals surface area contributed by atoms with E-state index in [-0.39, 0.29) is 153 Å². The molecule has 1 unspecified atom stereocenters. The Balaban J connectivity index is 0.000000231. The highest BCUT2D eigenvalue weighted by molar-refractivity contribution is 6.03. The van der Waals surface area contributed by atoms with Crippen LogP contribution >= 0.6 is 0 Å². The van der Waals surface area contributed by atoms with Crippen LogP contribution in [0, 0.1) is 18.7 Å². The molecule has 2 aromatic carbocycles. The molecule has 4 aromatic rings. The summed E-state index contributed by atoms with van der Waals surface area (Å²) in [6, 6.07) is 11.1. The van der Waals surface area contributed by atoms with E-state index < -0.39 is 23.5 Å². The van der Waals surface area contributed by atoms with Gasteiger partial charge in [-0.15, -0.1) is 0 Å². The third-order valence-corrected chi connectivity index (χ3v) is 15.1. The smallest absolute Gasteiger partial charge is 0.343 e. The first kappa shape index (κ1) is 59.1. The Kier molecular flexibility index (Phi) is 19.8. The summed E-state index contributed by atoms with van der Waals surface area (Å²) in [6.45, 7) is 9.40. The second kappa shape index (κ2) is 26.4. The van der Waals surface area contributed by atoms with Crippen LogP contribution in [-0.4, -0.2) is 105 Å². The molecular formula is C58H70FN7O13. The Morgan fingerprint density at radius 3 is 2.32 bits per heavy atom. The zero-order valence-corrected chi connectivity index (χ0v) is 45.5. The van der Waals surface area contributed by atoms with Gasteiger partial charge in [-0.2, -0.15) is 0 Å². The van der Waals surface area contributed by atoms with Crippen molar-refractivity contribution in [1.29, 1.82) is 0 Å². The van der Waals surface area contributed by atoms with E-state index >= 15 is 0 Å². The van der Waals surface area contributed by atoms with Crippen molar-refractivity contribution in [3.63, 3.8) is 0 Å². The maximum atomic E-state index is 14.9. The lowest BCUT2D eigenvalue weighted by molar-refractivity contribution is -0.172. The number of nitrogens with zero attached hydrogens (tertiary/aromatic N) is 3. The van der Waals surface area contributed by atoms with Gasteiger partial charge in [0.1, 0.15) is 19.2 Å². The Labute approximate surface area is 456 Å². The molecule has 0 radical (unpaired) electrons. The summed E-state index contributed by atoms with van der Waals surface area (Å²) in [4.78, 5) is 130. The number of esters is 1. The quantitative estimate of drug-likeness (QED) is 0.0244. The van der Waals surface area contributed by atoms with Crippen molar-refractivity contribution in [3.8, 4) is 11.4 Å². The van der Waals surface area contributed by atoms with Crippen molar-refractivity contribution in [2.24, 2.45) is 5.92 Å². The van der Waals surface area contributed by atoms with Crippen molar-refractivity contribution >= 4 is 63.9 Å². The first-order valence-corrected chi connectivity index (χ1v) is 27.2. The van der Waals surface area contributed by atoms with Crippen LogP contribution in [0.15, 0.2) is 47.3 Å². The van der Waals surface area contributed by atoms with E-state index in [9.17, 15) is 57.4 Å². The molecule has 2 aromatic heterocycles. The van der Waals surface area contributed by atoms with Crippen LogP contribution in [0.5, 0.6) is 0 Å². The number of carbonyl (C=O) groups is 9. The number of aromatic nitrogens is 2. The highest BCUT2D eigenvalue weighted by Crippen LogP contribution is 2.46. The number of likely N-dealkylation sites (tertiary alicyclic amines) is 1. The lowest BCUT2D eigenvalue weighted by Crippen LogP contribution is -2.44. The lowest BCUT2D eigenvalue weighted by Gasteiger charge is -2.31. The number of benzene rings is 2. The van der Waals surface area contributed by atoms with Crippen LogP contribution in [0.2, 0.25) is 0 Å². The van der Waals surface area contributed by atoms with E-state index in [0.29, 0.717) is 74.1 Å². The van der Waals surface area contributed by atoms with Crippen LogP contribution in [0.3, 0.4) is 0 Å². The van der Waals surface area contributed by atoms with Crippen LogP contribution in [0.1, 0.15) is 150 Å². The number of hydrogen-bond donors (Lipinski definition) is 5. The number of aryl methyl sites for hydroxylation is 1. The van der Waals surface area contributed by atoms with Crippen molar-refractivity contribution in [1.82, 2.24) is 35.7 Å². The molecule has 0 bridgehead atoms. The summed E-state index contributed by atoms with van der Waals surface area (Å²) in [5.74, 6) is -3.51. The lowest BCUT2D eigenvalue weighted by atomic mass is 9.81. The Morgan fingerprint density at radius 2 is 1.62 bits per heavy atom. The highest BCUT2D eigenvalue weighted by Gasteiger charge is 2.46. The predicted molar refractivity (Wildman–Crippen MR) is 286 cm³/mol. The van der Waals surface area contributed by atoms with Crippen LogP contribution in [-0.2, 0) is 84.2 Å². The molecule has 1 aliphatic carbocycles. The predicted octanol–water partition coefficient (Wildman–Crippen LogP) is 4.63. The summed E-state index contributed by atoms with van der Waals surface area (Å²) in [5.41, 5.74) is 3.55. The van der Waals surface area contributed by atoms with Gasteiger partial charge in [-0.1, -0.05) is 57.5 Å². The van der Waals surface area contributed by atoms with E-state index in [0.717, 1.165) is 27.6 Å². The molecule has 3 aliphatic heterocycles. The number of halogens is 1. The topological polar surface area (TPSA) is 279 Å². The molecule has 5 heterocycles. The van der Waals surface area contributed by atoms with Gasteiger partial charge in [0.15, 0.2) is 17.2 Å². The zero-order chi connectivity index (χ0) is 57.1. The second-order valence-corrected chi connectivity index (χ2v) is 20.5. The van der Waals surface area contributed by atoms with E-state index in [1.165, 1.54) is 11.0 Å².